The van der Waals surface area contributed by atoms with E-state index in [0.717, 1.165) is 4.90 Å². The first-order valence-electron chi connectivity index (χ1n) is 4.43. The van der Waals surface area contributed by atoms with Gasteiger partial charge in [-0.3, -0.25) is 14.5 Å². The van der Waals surface area contributed by atoms with Crippen molar-refractivity contribution in [3.63, 3.8) is 0 Å². The number of carbonyl (C=O) groups excluding carboxylic acids is 2. The van der Waals surface area contributed by atoms with Crippen LogP contribution in [-0.2, 0) is 14.4 Å². The van der Waals surface area contributed by atoms with E-state index in [1.165, 1.54) is 7.05 Å². The Bertz CT molecular complexity index is 329. The zero-order chi connectivity index (χ0) is 13.8. The lowest BCUT2D eigenvalue weighted by Crippen LogP contribution is -2.49. The van der Waals surface area contributed by atoms with Crippen LogP contribution in [0.1, 0.15) is 12.8 Å². The van der Waals surface area contributed by atoms with Gasteiger partial charge in [-0.15, -0.1) is 0 Å². The van der Waals surface area contributed by atoms with E-state index in [-0.39, 0.29) is 11.8 Å². The van der Waals surface area contributed by atoms with Gasteiger partial charge in [0, 0.05) is 13.5 Å². The van der Waals surface area contributed by atoms with Crippen molar-refractivity contribution < 1.29 is 32.7 Å². The number of likely N-dealkylation sites (N-methyl/N-ethyl adjacent to an activating group) is 1. The number of likely N-dealkylation sites (tertiary alicyclic amines) is 1. The molecule has 3 N–H and O–H groups in total. The molecule has 9 heteroatoms. The van der Waals surface area contributed by atoms with E-state index in [1.807, 2.05) is 0 Å². The Morgan fingerprint density at radius 1 is 1.47 bits per heavy atom. The van der Waals surface area contributed by atoms with E-state index < -0.39 is 18.2 Å². The maximum atomic E-state index is 10.9. The molecule has 1 saturated heterocycles. The molecule has 0 aromatic rings. The van der Waals surface area contributed by atoms with E-state index in [2.05, 4.69) is 0 Å². The molecule has 98 valence electrons. The fourth-order valence-electron chi connectivity index (χ4n) is 0.942. The molecule has 1 aliphatic heterocycles. The van der Waals surface area contributed by atoms with E-state index in [4.69, 9.17) is 15.6 Å². The van der Waals surface area contributed by atoms with Crippen LogP contribution < -0.4 is 5.73 Å². The number of aliphatic carboxylic acids is 1. The monoisotopic (exact) mass is 256 g/mol. The van der Waals surface area contributed by atoms with Gasteiger partial charge >= 0.3 is 12.1 Å². The molecule has 1 heterocycles. The van der Waals surface area contributed by atoms with Crippen LogP contribution in [0.5, 0.6) is 0 Å². The van der Waals surface area contributed by atoms with Gasteiger partial charge in [-0.2, -0.15) is 13.2 Å². The molecule has 0 aliphatic carbocycles. The van der Waals surface area contributed by atoms with Crippen molar-refractivity contribution in [1.82, 2.24) is 4.90 Å². The SMILES string of the molecule is CN1C(=O)CCC(N)C1=O.O=C(O)C(F)(F)F. The smallest absolute Gasteiger partial charge is 0.475 e. The number of amides is 2. The second-order valence-corrected chi connectivity index (χ2v) is 3.24. The summed E-state index contributed by atoms with van der Waals surface area (Å²) in [4.78, 5) is 31.7. The average molecular weight is 256 g/mol. The number of piperidine rings is 1. The number of rotatable bonds is 0. The summed E-state index contributed by atoms with van der Waals surface area (Å²) in [6, 6.07) is -0.470. The molecule has 1 unspecified atom stereocenters. The number of halogens is 3. The first-order chi connectivity index (χ1) is 7.57. The number of alkyl halides is 3. The molecule has 0 saturated carbocycles. The first-order valence-corrected chi connectivity index (χ1v) is 4.43. The molecule has 2 amide bonds. The highest BCUT2D eigenvalue weighted by atomic mass is 19.4. The fraction of sp³-hybridized carbons (Fsp3) is 0.625. The molecule has 0 bridgehead atoms. The average Bonchev–Trinajstić information content (AvgIpc) is 2.20. The van der Waals surface area contributed by atoms with Gasteiger partial charge in [0.1, 0.15) is 0 Å². The van der Waals surface area contributed by atoms with E-state index in [9.17, 15) is 22.8 Å². The maximum Gasteiger partial charge on any atom is 0.490 e. The molecule has 0 aromatic heterocycles. The normalized spacial score (nSPS) is 20.8. The highest BCUT2D eigenvalue weighted by molar-refractivity contribution is 5.99. The lowest BCUT2D eigenvalue weighted by atomic mass is 10.1. The number of nitrogens with zero attached hydrogens (tertiary/aromatic N) is 1. The third-order valence-corrected chi connectivity index (χ3v) is 1.93. The maximum absolute atomic E-state index is 10.9. The summed E-state index contributed by atoms with van der Waals surface area (Å²) in [5.41, 5.74) is 5.39. The minimum Gasteiger partial charge on any atom is -0.475 e. The predicted molar refractivity (Wildman–Crippen MR) is 48.7 cm³/mol. The quantitative estimate of drug-likeness (QED) is 0.581. The molecule has 0 aromatic carbocycles. The number of hydrogen-bond donors (Lipinski definition) is 2. The standard InChI is InChI=1S/C6H10N2O2.C2HF3O2/c1-8-5(9)3-2-4(7)6(8)10;3-2(4,5)1(6)7/h4H,2-3,7H2,1H3;(H,6,7). The van der Waals surface area contributed by atoms with Gasteiger partial charge in [-0.1, -0.05) is 0 Å². The van der Waals surface area contributed by atoms with Crippen LogP contribution in [0.4, 0.5) is 13.2 Å². The third-order valence-electron chi connectivity index (χ3n) is 1.93. The van der Waals surface area contributed by atoms with Crippen LogP contribution in [0, 0.1) is 0 Å². The van der Waals surface area contributed by atoms with Crippen LogP contribution in [0.15, 0.2) is 0 Å². The van der Waals surface area contributed by atoms with Crippen molar-refractivity contribution in [3.05, 3.63) is 0 Å². The Hall–Kier alpha value is -1.64. The summed E-state index contributed by atoms with van der Waals surface area (Å²) >= 11 is 0. The molecular formula is C8H11F3N2O4. The van der Waals surface area contributed by atoms with Crippen LogP contribution >= 0.6 is 0 Å². The number of carboxylic acids is 1. The zero-order valence-corrected chi connectivity index (χ0v) is 8.82. The minimum absolute atomic E-state index is 0.133. The van der Waals surface area contributed by atoms with Crippen molar-refractivity contribution in [3.8, 4) is 0 Å². The van der Waals surface area contributed by atoms with Gasteiger partial charge in [0.05, 0.1) is 6.04 Å². The van der Waals surface area contributed by atoms with Gasteiger partial charge in [0.2, 0.25) is 11.8 Å². The van der Waals surface area contributed by atoms with Crippen LogP contribution in [0.2, 0.25) is 0 Å². The topological polar surface area (TPSA) is 101 Å². The van der Waals surface area contributed by atoms with E-state index in [1.54, 1.807) is 0 Å². The molecule has 1 fully saturated rings. The van der Waals surface area contributed by atoms with Crippen LogP contribution in [0.25, 0.3) is 0 Å². The Morgan fingerprint density at radius 2 is 1.88 bits per heavy atom. The van der Waals surface area contributed by atoms with Crippen molar-refractivity contribution in [2.75, 3.05) is 7.05 Å². The van der Waals surface area contributed by atoms with Crippen LogP contribution in [0.3, 0.4) is 0 Å². The molecule has 1 rings (SSSR count). The Kier molecular flexibility index (Phi) is 5.08. The number of carbonyl (C=O) groups is 3. The molecule has 1 aliphatic rings. The molecule has 17 heavy (non-hydrogen) atoms. The lowest BCUT2D eigenvalue weighted by Gasteiger charge is -2.24. The van der Waals surface area contributed by atoms with Crippen molar-refractivity contribution in [2.24, 2.45) is 5.73 Å². The van der Waals surface area contributed by atoms with Gasteiger partial charge < -0.3 is 10.8 Å². The van der Waals surface area contributed by atoms with Crippen molar-refractivity contribution in [1.29, 1.82) is 0 Å². The number of carboxylic acid groups (broad SMARTS) is 1. The summed E-state index contributed by atoms with van der Waals surface area (Å²) in [6.07, 6.45) is -4.20. The Balaban J connectivity index is 0.000000325. The first kappa shape index (κ1) is 15.4. The molecular weight excluding hydrogens is 245 g/mol. The fourth-order valence-corrected chi connectivity index (χ4v) is 0.942. The van der Waals surface area contributed by atoms with E-state index in [0.29, 0.717) is 12.8 Å². The van der Waals surface area contributed by atoms with Crippen molar-refractivity contribution >= 4 is 17.8 Å². The third kappa shape index (κ3) is 4.81. The summed E-state index contributed by atoms with van der Waals surface area (Å²) < 4.78 is 31.7. The lowest BCUT2D eigenvalue weighted by molar-refractivity contribution is -0.192. The van der Waals surface area contributed by atoms with Gasteiger partial charge in [0.25, 0.3) is 0 Å². The second kappa shape index (κ2) is 5.62. The highest BCUT2D eigenvalue weighted by Crippen LogP contribution is 2.13. The highest BCUT2D eigenvalue weighted by Gasteiger charge is 2.38. The summed E-state index contributed by atoms with van der Waals surface area (Å²) in [6.45, 7) is 0. The molecule has 1 atom stereocenters. The predicted octanol–water partition coefficient (Wildman–Crippen LogP) is -0.274. The Morgan fingerprint density at radius 3 is 2.18 bits per heavy atom. The zero-order valence-electron chi connectivity index (χ0n) is 8.82. The molecule has 0 radical (unpaired) electrons. The summed E-state index contributed by atoms with van der Waals surface area (Å²) in [7, 11) is 1.46. The number of imide groups is 1. The largest absolute Gasteiger partial charge is 0.490 e. The summed E-state index contributed by atoms with van der Waals surface area (Å²) in [5, 5.41) is 7.12. The van der Waals surface area contributed by atoms with Crippen molar-refractivity contribution in [2.45, 2.75) is 25.1 Å². The molecule has 0 spiro atoms. The van der Waals surface area contributed by atoms with Gasteiger partial charge in [-0.25, -0.2) is 4.79 Å². The second-order valence-electron chi connectivity index (χ2n) is 3.24. The molecule has 6 nitrogen and oxygen atoms in total. The minimum atomic E-state index is -5.08. The van der Waals surface area contributed by atoms with E-state index >= 15 is 0 Å². The summed E-state index contributed by atoms with van der Waals surface area (Å²) in [5.74, 6) is -3.16. The Labute approximate surface area is 94.2 Å². The number of nitrogens with two attached hydrogens (primary N) is 1. The van der Waals surface area contributed by atoms with Gasteiger partial charge in [0.15, 0.2) is 0 Å². The van der Waals surface area contributed by atoms with Gasteiger partial charge in [-0.05, 0) is 6.42 Å². The van der Waals surface area contributed by atoms with Crippen LogP contribution in [-0.4, -0.2) is 47.1 Å². The number of hydrogen-bond acceptors (Lipinski definition) is 4.